The van der Waals surface area contributed by atoms with Gasteiger partial charge in [-0.1, -0.05) is 13.8 Å². The van der Waals surface area contributed by atoms with E-state index in [2.05, 4.69) is 31.1 Å². The highest BCUT2D eigenvalue weighted by Crippen LogP contribution is 2.26. The van der Waals surface area contributed by atoms with E-state index in [-0.39, 0.29) is 5.91 Å². The Kier molecular flexibility index (Phi) is 4.99. The fraction of sp³-hybridized carbons (Fsp3) is 0.900. The summed E-state index contributed by atoms with van der Waals surface area (Å²) in [7, 11) is 3.79. The van der Waals surface area contributed by atoms with E-state index in [1.54, 1.807) is 7.05 Å². The summed E-state index contributed by atoms with van der Waals surface area (Å²) >= 11 is 0. The zero-order valence-corrected chi connectivity index (χ0v) is 9.48. The molecule has 13 heavy (non-hydrogen) atoms. The van der Waals surface area contributed by atoms with Gasteiger partial charge in [-0.2, -0.15) is 0 Å². The molecule has 1 amide bonds. The van der Waals surface area contributed by atoms with E-state index in [0.29, 0.717) is 5.41 Å². The minimum atomic E-state index is 0.00463. The number of nitrogens with zero attached hydrogens (tertiary/aromatic N) is 1. The summed E-state index contributed by atoms with van der Waals surface area (Å²) in [4.78, 5) is 12.1. The topological polar surface area (TPSA) is 32.3 Å². The molecule has 1 aliphatic heterocycles. The normalized spacial score (nSPS) is 20.4. The monoisotopic (exact) mass is 186 g/mol. The Balaban J connectivity index is 0.000000252. The number of likely N-dealkylation sites (tertiary alicyclic amines) is 1. The third-order valence-corrected chi connectivity index (χ3v) is 2.22. The largest absolute Gasteiger partial charge is 0.359 e. The number of rotatable bonds is 0. The first-order valence-electron chi connectivity index (χ1n) is 4.74. The van der Waals surface area contributed by atoms with Gasteiger partial charge in [0.2, 0.25) is 5.91 Å². The zero-order chi connectivity index (χ0) is 10.5. The van der Waals surface area contributed by atoms with Crippen LogP contribution in [0.2, 0.25) is 0 Å². The zero-order valence-electron chi connectivity index (χ0n) is 9.48. The van der Waals surface area contributed by atoms with Crippen molar-refractivity contribution >= 4 is 5.91 Å². The van der Waals surface area contributed by atoms with Crippen LogP contribution >= 0.6 is 0 Å². The van der Waals surface area contributed by atoms with Gasteiger partial charge in [-0.05, 0) is 25.4 Å². The van der Waals surface area contributed by atoms with E-state index < -0.39 is 0 Å². The maximum absolute atomic E-state index is 9.70. The molecule has 0 unspecified atom stereocenters. The number of carbonyl (C=O) groups excluding carboxylic acids is 1. The fourth-order valence-corrected chi connectivity index (χ4v) is 1.38. The maximum Gasteiger partial charge on any atom is 0.216 e. The summed E-state index contributed by atoms with van der Waals surface area (Å²) in [6.45, 7) is 8.69. The Morgan fingerprint density at radius 3 is 2.00 bits per heavy atom. The summed E-state index contributed by atoms with van der Waals surface area (Å²) < 4.78 is 0. The van der Waals surface area contributed by atoms with Gasteiger partial charge >= 0.3 is 0 Å². The summed E-state index contributed by atoms with van der Waals surface area (Å²) in [6, 6.07) is 0. The second-order valence-corrected chi connectivity index (χ2v) is 4.46. The lowest BCUT2D eigenvalue weighted by Crippen LogP contribution is -2.18. The fourth-order valence-electron chi connectivity index (χ4n) is 1.38. The summed E-state index contributed by atoms with van der Waals surface area (Å²) in [5, 5.41) is 2.39. The number of nitrogens with one attached hydrogen (secondary N) is 1. The lowest BCUT2D eigenvalue weighted by Gasteiger charge is -2.15. The van der Waals surface area contributed by atoms with Crippen molar-refractivity contribution in [3.8, 4) is 0 Å². The van der Waals surface area contributed by atoms with Gasteiger partial charge in [0.1, 0.15) is 0 Å². The Bertz CT molecular complexity index is 166. The van der Waals surface area contributed by atoms with Crippen molar-refractivity contribution in [1.82, 2.24) is 10.2 Å². The van der Waals surface area contributed by atoms with E-state index >= 15 is 0 Å². The molecule has 1 fully saturated rings. The number of hydrogen-bond acceptors (Lipinski definition) is 2. The molecule has 78 valence electrons. The number of hydrogen-bond donors (Lipinski definition) is 1. The van der Waals surface area contributed by atoms with E-state index in [4.69, 9.17) is 0 Å². The molecule has 0 aromatic carbocycles. The average Bonchev–Trinajstić information content (AvgIpc) is 2.30. The van der Waals surface area contributed by atoms with Gasteiger partial charge in [-0.25, -0.2) is 0 Å². The van der Waals surface area contributed by atoms with Crippen molar-refractivity contribution < 1.29 is 4.79 Å². The molecule has 1 aliphatic rings. The van der Waals surface area contributed by atoms with Crippen molar-refractivity contribution in [2.45, 2.75) is 27.2 Å². The highest BCUT2D eigenvalue weighted by molar-refractivity contribution is 5.72. The van der Waals surface area contributed by atoms with E-state index in [0.717, 1.165) is 0 Å². The SMILES string of the molecule is CN1CCC(C)(C)C1.CNC(C)=O. The van der Waals surface area contributed by atoms with Crippen LogP contribution in [0.5, 0.6) is 0 Å². The van der Waals surface area contributed by atoms with Crippen LogP contribution in [0.15, 0.2) is 0 Å². The van der Waals surface area contributed by atoms with Crippen LogP contribution in [0.1, 0.15) is 27.2 Å². The molecule has 0 aromatic rings. The van der Waals surface area contributed by atoms with Gasteiger partial charge in [0.15, 0.2) is 0 Å². The second-order valence-electron chi connectivity index (χ2n) is 4.46. The molecule has 0 radical (unpaired) electrons. The number of carbonyl (C=O) groups is 1. The Morgan fingerprint density at radius 2 is 1.92 bits per heavy atom. The molecule has 1 rings (SSSR count). The van der Waals surface area contributed by atoms with E-state index in [1.807, 2.05) is 0 Å². The molecular formula is C10H22N2O. The molecule has 1 heterocycles. The van der Waals surface area contributed by atoms with Crippen LogP contribution in [0, 0.1) is 5.41 Å². The molecule has 1 N–H and O–H groups in total. The van der Waals surface area contributed by atoms with Gasteiger partial charge in [-0.15, -0.1) is 0 Å². The maximum atomic E-state index is 9.70. The lowest BCUT2D eigenvalue weighted by atomic mass is 9.93. The van der Waals surface area contributed by atoms with Crippen molar-refractivity contribution in [2.24, 2.45) is 5.41 Å². The molecule has 1 saturated heterocycles. The van der Waals surface area contributed by atoms with Crippen LogP contribution in [0.25, 0.3) is 0 Å². The van der Waals surface area contributed by atoms with Crippen LogP contribution in [0.3, 0.4) is 0 Å². The third kappa shape index (κ3) is 6.58. The van der Waals surface area contributed by atoms with Crippen molar-refractivity contribution in [2.75, 3.05) is 27.2 Å². The predicted molar refractivity (Wildman–Crippen MR) is 55.6 cm³/mol. The van der Waals surface area contributed by atoms with Gasteiger partial charge in [0.05, 0.1) is 0 Å². The minimum absolute atomic E-state index is 0.00463. The molecule has 0 bridgehead atoms. The molecule has 0 spiro atoms. The minimum Gasteiger partial charge on any atom is -0.359 e. The van der Waals surface area contributed by atoms with Gasteiger partial charge < -0.3 is 10.2 Å². The quantitative estimate of drug-likeness (QED) is 0.614. The predicted octanol–water partition coefficient (Wildman–Crippen LogP) is 1.10. The standard InChI is InChI=1S/C7H15N.C3H7NO/c1-7(2)4-5-8(3)6-7;1-3(5)4-2/h4-6H2,1-3H3;1-2H3,(H,4,5). The Labute approximate surface area is 81.5 Å². The first-order valence-corrected chi connectivity index (χ1v) is 4.74. The molecule has 0 aromatic heterocycles. The molecule has 0 aliphatic carbocycles. The molecule has 0 atom stereocenters. The first-order chi connectivity index (χ1) is 5.87. The summed E-state index contributed by atoms with van der Waals surface area (Å²) in [5.74, 6) is 0.00463. The van der Waals surface area contributed by atoms with Crippen LogP contribution in [0.4, 0.5) is 0 Å². The molecule has 3 nitrogen and oxygen atoms in total. The van der Waals surface area contributed by atoms with E-state index in [1.165, 1.54) is 26.4 Å². The van der Waals surface area contributed by atoms with Crippen LogP contribution < -0.4 is 5.32 Å². The Morgan fingerprint density at radius 1 is 1.46 bits per heavy atom. The third-order valence-electron chi connectivity index (χ3n) is 2.22. The highest BCUT2D eigenvalue weighted by atomic mass is 16.1. The van der Waals surface area contributed by atoms with Crippen molar-refractivity contribution in [3.05, 3.63) is 0 Å². The van der Waals surface area contributed by atoms with Crippen LogP contribution in [-0.4, -0.2) is 38.0 Å². The molecule has 3 heteroatoms. The number of amides is 1. The first kappa shape index (κ1) is 12.4. The summed E-state index contributed by atoms with van der Waals surface area (Å²) in [5.41, 5.74) is 0.592. The highest BCUT2D eigenvalue weighted by Gasteiger charge is 2.26. The van der Waals surface area contributed by atoms with Gasteiger partial charge in [-0.3, -0.25) is 4.79 Å². The van der Waals surface area contributed by atoms with Gasteiger partial charge in [0, 0.05) is 20.5 Å². The van der Waals surface area contributed by atoms with Crippen LogP contribution in [-0.2, 0) is 4.79 Å². The van der Waals surface area contributed by atoms with Crippen molar-refractivity contribution in [3.63, 3.8) is 0 Å². The molecular weight excluding hydrogens is 164 g/mol. The lowest BCUT2D eigenvalue weighted by molar-refractivity contribution is -0.118. The van der Waals surface area contributed by atoms with E-state index in [9.17, 15) is 4.79 Å². The summed E-state index contributed by atoms with van der Waals surface area (Å²) in [6.07, 6.45) is 1.36. The van der Waals surface area contributed by atoms with Crippen molar-refractivity contribution in [1.29, 1.82) is 0 Å². The van der Waals surface area contributed by atoms with Gasteiger partial charge in [0.25, 0.3) is 0 Å². The Hall–Kier alpha value is -0.570. The average molecular weight is 186 g/mol. The smallest absolute Gasteiger partial charge is 0.216 e. The molecule has 0 saturated carbocycles. The second kappa shape index (κ2) is 5.22.